The normalized spacial score (nSPS) is 13.2. The molecule has 0 fully saturated rings. The first kappa shape index (κ1) is 14.9. The van der Waals surface area contributed by atoms with Crippen LogP contribution in [-0.2, 0) is 16.0 Å². The molecule has 0 aliphatic heterocycles. The van der Waals surface area contributed by atoms with Gasteiger partial charge >= 0.3 is 5.97 Å². The molecule has 0 heterocycles. The van der Waals surface area contributed by atoms with Gasteiger partial charge in [0.1, 0.15) is 17.5 Å². The number of benzene rings is 1. The van der Waals surface area contributed by atoms with Crippen molar-refractivity contribution >= 4 is 17.6 Å². The molecular weight excluding hydrogens is 257 g/mol. The summed E-state index contributed by atoms with van der Waals surface area (Å²) in [6.45, 7) is 5.27. The summed E-state index contributed by atoms with van der Waals surface area (Å²) in [5.74, 6) is -0.936. The van der Waals surface area contributed by atoms with E-state index in [0.717, 1.165) is 0 Å². The van der Waals surface area contributed by atoms with Crippen LogP contribution < -0.4 is 5.73 Å². The van der Waals surface area contributed by atoms with E-state index in [9.17, 15) is 9.18 Å². The monoisotopic (exact) mass is 273 g/mol. The van der Waals surface area contributed by atoms with E-state index in [1.165, 1.54) is 18.2 Å². The molecule has 1 aromatic carbocycles. The third-order valence-corrected chi connectivity index (χ3v) is 2.53. The molecule has 0 aromatic heterocycles. The lowest BCUT2D eigenvalue weighted by Crippen LogP contribution is -2.38. The zero-order chi connectivity index (χ0) is 13.9. The van der Waals surface area contributed by atoms with E-state index in [4.69, 9.17) is 22.1 Å². The molecule has 0 saturated heterocycles. The molecule has 0 saturated carbocycles. The van der Waals surface area contributed by atoms with E-state index in [2.05, 4.69) is 0 Å². The second-order valence-electron chi connectivity index (χ2n) is 5.08. The fourth-order valence-corrected chi connectivity index (χ4v) is 1.59. The highest BCUT2D eigenvalue weighted by molar-refractivity contribution is 6.31. The molecule has 5 heteroatoms. The van der Waals surface area contributed by atoms with Crippen molar-refractivity contribution in [2.75, 3.05) is 0 Å². The number of ether oxygens (including phenoxy) is 1. The number of esters is 1. The summed E-state index contributed by atoms with van der Waals surface area (Å²) >= 11 is 5.90. The molecule has 0 aliphatic rings. The number of halogens is 2. The predicted molar refractivity (Wildman–Crippen MR) is 68.9 cm³/mol. The third-order valence-electron chi connectivity index (χ3n) is 2.16. The molecular formula is C13H17ClFNO2. The number of carbonyl (C=O) groups is 1. The van der Waals surface area contributed by atoms with Gasteiger partial charge in [-0.15, -0.1) is 0 Å². The smallest absolute Gasteiger partial charge is 0.323 e. The van der Waals surface area contributed by atoms with Gasteiger partial charge in [-0.25, -0.2) is 4.39 Å². The topological polar surface area (TPSA) is 52.3 Å². The Bertz CT molecular complexity index is 443. The van der Waals surface area contributed by atoms with E-state index in [0.29, 0.717) is 10.6 Å². The van der Waals surface area contributed by atoms with E-state index >= 15 is 0 Å². The Kier molecular flexibility index (Phi) is 4.71. The largest absolute Gasteiger partial charge is 0.459 e. The molecule has 0 radical (unpaired) electrons. The standard InChI is InChI=1S/C13H17ClFNO2/c1-13(2,3)18-12(17)11(16)7-8-6-9(15)4-5-10(8)14/h4-6,11H,7,16H2,1-3H3. The lowest BCUT2D eigenvalue weighted by molar-refractivity contribution is -0.156. The average Bonchev–Trinajstić information content (AvgIpc) is 2.21. The van der Waals surface area contributed by atoms with Crippen molar-refractivity contribution in [2.24, 2.45) is 5.73 Å². The number of carbonyl (C=O) groups excluding carboxylic acids is 1. The number of nitrogens with two attached hydrogens (primary N) is 1. The molecule has 0 aliphatic carbocycles. The van der Waals surface area contributed by atoms with Crippen molar-refractivity contribution in [3.05, 3.63) is 34.6 Å². The van der Waals surface area contributed by atoms with Gasteiger partial charge in [0, 0.05) is 5.02 Å². The van der Waals surface area contributed by atoms with Gasteiger partial charge < -0.3 is 10.5 Å². The van der Waals surface area contributed by atoms with E-state index in [-0.39, 0.29) is 6.42 Å². The molecule has 18 heavy (non-hydrogen) atoms. The predicted octanol–water partition coefficient (Wildman–Crippen LogP) is 2.69. The van der Waals surface area contributed by atoms with Crippen LogP contribution in [0, 0.1) is 5.82 Å². The fourth-order valence-electron chi connectivity index (χ4n) is 1.40. The molecule has 2 N–H and O–H groups in total. The SMILES string of the molecule is CC(C)(C)OC(=O)C(N)Cc1cc(F)ccc1Cl. The summed E-state index contributed by atoms with van der Waals surface area (Å²) in [4.78, 5) is 11.7. The highest BCUT2D eigenvalue weighted by atomic mass is 35.5. The van der Waals surface area contributed by atoms with Crippen molar-refractivity contribution in [1.29, 1.82) is 0 Å². The Hall–Kier alpha value is -1.13. The molecule has 1 rings (SSSR count). The van der Waals surface area contributed by atoms with Crippen LogP contribution in [0.4, 0.5) is 4.39 Å². The molecule has 1 atom stereocenters. The highest BCUT2D eigenvalue weighted by Gasteiger charge is 2.23. The first-order valence-electron chi connectivity index (χ1n) is 5.61. The fraction of sp³-hybridized carbons (Fsp3) is 0.462. The molecule has 0 amide bonds. The van der Waals surface area contributed by atoms with Gasteiger partial charge in [0.25, 0.3) is 0 Å². The van der Waals surface area contributed by atoms with Crippen LogP contribution in [0.3, 0.4) is 0 Å². The van der Waals surface area contributed by atoms with Crippen LogP contribution in [0.25, 0.3) is 0 Å². The summed E-state index contributed by atoms with van der Waals surface area (Å²) in [6.07, 6.45) is 0.144. The van der Waals surface area contributed by atoms with Crippen molar-refractivity contribution < 1.29 is 13.9 Å². The Balaban J connectivity index is 2.72. The molecule has 0 bridgehead atoms. The van der Waals surface area contributed by atoms with Gasteiger partial charge in [0.2, 0.25) is 0 Å². The van der Waals surface area contributed by atoms with Crippen LogP contribution in [0.5, 0.6) is 0 Å². The Morgan fingerprint density at radius 2 is 2.11 bits per heavy atom. The molecule has 1 unspecified atom stereocenters. The minimum Gasteiger partial charge on any atom is -0.459 e. The lowest BCUT2D eigenvalue weighted by atomic mass is 10.1. The van der Waals surface area contributed by atoms with Gasteiger partial charge in [0.05, 0.1) is 0 Å². The van der Waals surface area contributed by atoms with Crippen molar-refractivity contribution in [1.82, 2.24) is 0 Å². The van der Waals surface area contributed by atoms with Crippen LogP contribution in [-0.4, -0.2) is 17.6 Å². The van der Waals surface area contributed by atoms with E-state index in [1.54, 1.807) is 20.8 Å². The van der Waals surface area contributed by atoms with Gasteiger partial charge in [-0.2, -0.15) is 0 Å². The number of rotatable bonds is 3. The maximum atomic E-state index is 13.1. The molecule has 3 nitrogen and oxygen atoms in total. The average molecular weight is 274 g/mol. The summed E-state index contributed by atoms with van der Waals surface area (Å²) < 4.78 is 18.2. The lowest BCUT2D eigenvalue weighted by Gasteiger charge is -2.22. The second kappa shape index (κ2) is 5.67. The van der Waals surface area contributed by atoms with E-state index in [1.807, 2.05) is 0 Å². The van der Waals surface area contributed by atoms with Crippen LogP contribution >= 0.6 is 11.6 Å². The summed E-state index contributed by atoms with van der Waals surface area (Å²) in [7, 11) is 0. The Morgan fingerprint density at radius 1 is 1.50 bits per heavy atom. The van der Waals surface area contributed by atoms with Gasteiger partial charge in [-0.05, 0) is 51.0 Å². The zero-order valence-corrected chi connectivity index (χ0v) is 11.4. The number of hydrogen-bond acceptors (Lipinski definition) is 3. The summed E-state index contributed by atoms with van der Waals surface area (Å²) in [6, 6.07) is 3.11. The molecule has 1 aromatic rings. The summed E-state index contributed by atoms with van der Waals surface area (Å²) in [5, 5.41) is 0.385. The zero-order valence-electron chi connectivity index (χ0n) is 10.7. The van der Waals surface area contributed by atoms with Crippen molar-refractivity contribution in [3.63, 3.8) is 0 Å². The molecule has 100 valence electrons. The van der Waals surface area contributed by atoms with Crippen LogP contribution in [0.15, 0.2) is 18.2 Å². The first-order valence-corrected chi connectivity index (χ1v) is 5.99. The first-order chi connectivity index (χ1) is 8.19. The summed E-state index contributed by atoms with van der Waals surface area (Å²) in [5.41, 5.74) is 5.62. The maximum absolute atomic E-state index is 13.1. The second-order valence-corrected chi connectivity index (χ2v) is 5.49. The third kappa shape index (κ3) is 4.63. The van der Waals surface area contributed by atoms with Crippen LogP contribution in [0.1, 0.15) is 26.3 Å². The molecule has 0 spiro atoms. The van der Waals surface area contributed by atoms with Gasteiger partial charge in [-0.3, -0.25) is 4.79 Å². The van der Waals surface area contributed by atoms with E-state index < -0.39 is 23.4 Å². The minimum atomic E-state index is -0.858. The van der Waals surface area contributed by atoms with Crippen LogP contribution in [0.2, 0.25) is 5.02 Å². The highest BCUT2D eigenvalue weighted by Crippen LogP contribution is 2.19. The van der Waals surface area contributed by atoms with Crippen molar-refractivity contribution in [2.45, 2.75) is 38.8 Å². The number of hydrogen-bond donors (Lipinski definition) is 1. The Labute approximate surface area is 111 Å². The van der Waals surface area contributed by atoms with Gasteiger partial charge in [0.15, 0.2) is 0 Å². The minimum absolute atomic E-state index is 0.144. The van der Waals surface area contributed by atoms with Crippen molar-refractivity contribution in [3.8, 4) is 0 Å². The van der Waals surface area contributed by atoms with Gasteiger partial charge in [-0.1, -0.05) is 11.6 Å². The quantitative estimate of drug-likeness (QED) is 0.862. The maximum Gasteiger partial charge on any atom is 0.323 e. The Morgan fingerprint density at radius 3 is 2.67 bits per heavy atom.